The van der Waals surface area contributed by atoms with Crippen molar-refractivity contribution in [1.82, 2.24) is 0 Å². The molecule has 0 heterocycles. The van der Waals surface area contributed by atoms with Gasteiger partial charge in [0.05, 0.1) is 6.10 Å². The minimum atomic E-state index is -2.13. The zero-order valence-electron chi connectivity index (χ0n) is 19.5. The number of ketones is 2. The van der Waals surface area contributed by atoms with Gasteiger partial charge in [-0.3, -0.25) is 19.2 Å². The molecule has 0 radical (unpaired) electrons. The number of hydrogen-bond acceptors (Lipinski definition) is 8. The van der Waals surface area contributed by atoms with E-state index in [1.165, 1.54) is 13.8 Å². The Kier molecular flexibility index (Phi) is 5.69. The summed E-state index contributed by atoms with van der Waals surface area (Å²) in [5.74, 6) is -2.38. The molecule has 2 N–H and O–H groups in total. The van der Waals surface area contributed by atoms with Crippen molar-refractivity contribution < 1.29 is 38.9 Å². The zero-order valence-corrected chi connectivity index (χ0v) is 19.5. The second kappa shape index (κ2) is 7.87. The Morgan fingerprint density at radius 1 is 1.18 bits per heavy atom. The highest BCUT2D eigenvalue weighted by molar-refractivity contribution is 6.01. The van der Waals surface area contributed by atoms with Gasteiger partial charge in [-0.05, 0) is 49.7 Å². The van der Waals surface area contributed by atoms with Crippen molar-refractivity contribution in [2.75, 3.05) is 6.61 Å². The van der Waals surface area contributed by atoms with E-state index < -0.39 is 53.0 Å². The third-order valence-corrected chi connectivity index (χ3v) is 8.84. The fraction of sp³-hybridized carbons (Fsp3) is 0.680. The summed E-state index contributed by atoms with van der Waals surface area (Å²) in [4.78, 5) is 48.5. The lowest BCUT2D eigenvalue weighted by Gasteiger charge is -2.59. The summed E-state index contributed by atoms with van der Waals surface area (Å²) >= 11 is 0. The molecule has 0 bridgehead atoms. The van der Waals surface area contributed by atoms with Gasteiger partial charge in [0.1, 0.15) is 6.10 Å². The average molecular weight is 461 g/mol. The number of aliphatic hydroxyl groups excluding tert-OH is 1. The number of Topliss-reactive ketones (excluding diaryl/α,β-unsaturated/α-hetero) is 1. The second-order valence-electron chi connectivity index (χ2n) is 10.5. The minimum Gasteiger partial charge on any atom is -0.462 e. The predicted octanol–water partition coefficient (Wildman–Crippen LogP) is 1.67. The average Bonchev–Trinajstić information content (AvgIpc) is 2.93. The van der Waals surface area contributed by atoms with Gasteiger partial charge >= 0.3 is 11.9 Å². The van der Waals surface area contributed by atoms with Crippen LogP contribution in [0, 0.1) is 28.6 Å². The first-order valence-electron chi connectivity index (χ1n) is 11.5. The van der Waals surface area contributed by atoms with E-state index in [1.807, 2.05) is 13.0 Å². The molecule has 0 aromatic carbocycles. The molecule has 3 fully saturated rings. The molecule has 4 aliphatic rings. The number of allylic oxidation sites excluding steroid dienone is 4. The fourth-order valence-corrected chi connectivity index (χ4v) is 7.41. The van der Waals surface area contributed by atoms with Crippen LogP contribution in [0.25, 0.3) is 0 Å². The second-order valence-corrected chi connectivity index (χ2v) is 10.5. The largest absolute Gasteiger partial charge is 0.462 e. The molecule has 8 heteroatoms. The van der Waals surface area contributed by atoms with E-state index in [1.54, 1.807) is 19.1 Å². The molecule has 8 nitrogen and oxygen atoms in total. The third-order valence-electron chi connectivity index (χ3n) is 8.84. The van der Waals surface area contributed by atoms with E-state index in [-0.39, 0.29) is 36.4 Å². The number of carbonyl (C=O) groups excluding carboxylic acids is 4. The molecule has 0 spiro atoms. The number of carbonyl (C=O) groups is 4. The van der Waals surface area contributed by atoms with Crippen molar-refractivity contribution >= 4 is 23.5 Å². The van der Waals surface area contributed by atoms with Gasteiger partial charge < -0.3 is 19.7 Å². The smallest absolute Gasteiger partial charge is 0.303 e. The normalized spacial score (nSPS) is 43.6. The lowest BCUT2D eigenvalue weighted by atomic mass is 9.46. The molecular weight excluding hydrogens is 428 g/mol. The first-order valence-corrected chi connectivity index (χ1v) is 11.5. The van der Waals surface area contributed by atoms with Crippen LogP contribution in [-0.2, 0) is 28.7 Å². The van der Waals surface area contributed by atoms with E-state index in [4.69, 9.17) is 9.47 Å². The van der Waals surface area contributed by atoms with E-state index in [9.17, 15) is 29.4 Å². The molecule has 0 aromatic rings. The van der Waals surface area contributed by atoms with Crippen LogP contribution in [0.5, 0.6) is 0 Å². The van der Waals surface area contributed by atoms with Crippen LogP contribution in [-0.4, -0.2) is 58.1 Å². The summed E-state index contributed by atoms with van der Waals surface area (Å²) in [7, 11) is 0. The van der Waals surface area contributed by atoms with E-state index in [0.29, 0.717) is 12.8 Å². The molecule has 0 aromatic heterocycles. The Bertz CT molecular complexity index is 965. The Morgan fingerprint density at radius 2 is 1.88 bits per heavy atom. The fourth-order valence-electron chi connectivity index (χ4n) is 7.41. The van der Waals surface area contributed by atoms with Gasteiger partial charge in [0.2, 0.25) is 5.78 Å². The molecule has 4 rings (SSSR count). The van der Waals surface area contributed by atoms with Gasteiger partial charge in [-0.25, -0.2) is 0 Å². The zero-order chi connectivity index (χ0) is 24.3. The Hall–Kier alpha value is -2.32. The highest BCUT2D eigenvalue weighted by Crippen LogP contribution is 2.67. The van der Waals surface area contributed by atoms with Crippen molar-refractivity contribution in [2.24, 2.45) is 28.6 Å². The number of esters is 2. The van der Waals surface area contributed by atoms with Gasteiger partial charge in [0.15, 0.2) is 18.0 Å². The predicted molar refractivity (Wildman–Crippen MR) is 116 cm³/mol. The van der Waals surface area contributed by atoms with Crippen molar-refractivity contribution in [3.63, 3.8) is 0 Å². The van der Waals surface area contributed by atoms with Crippen LogP contribution in [0.1, 0.15) is 53.4 Å². The molecule has 180 valence electrons. The Labute approximate surface area is 193 Å². The maximum atomic E-state index is 13.1. The van der Waals surface area contributed by atoms with Gasteiger partial charge in [-0.2, -0.15) is 0 Å². The summed E-state index contributed by atoms with van der Waals surface area (Å²) in [6, 6.07) is 0. The Balaban J connectivity index is 1.77. The first kappa shape index (κ1) is 23.8. The maximum absolute atomic E-state index is 13.1. The van der Waals surface area contributed by atoms with Crippen molar-refractivity contribution in [3.05, 3.63) is 23.8 Å². The van der Waals surface area contributed by atoms with Crippen LogP contribution in [0.15, 0.2) is 23.8 Å². The van der Waals surface area contributed by atoms with Gasteiger partial charge in [0, 0.05) is 30.6 Å². The van der Waals surface area contributed by atoms with Crippen molar-refractivity contribution in [3.8, 4) is 0 Å². The minimum absolute atomic E-state index is 0.0571. The molecule has 3 saturated carbocycles. The molecule has 0 saturated heterocycles. The number of fused-ring (bicyclic) bond motifs is 5. The topological polar surface area (TPSA) is 127 Å². The SMILES string of the molecule is CC(=O)OCC(=O)[C@@]1(O)[C@H](O)CC2C3CCC4=CC(=O)C=C[C@]4(C)C3C(OC(C)=O)C[C@@]21C. The lowest BCUT2D eigenvalue weighted by Crippen LogP contribution is -2.64. The lowest BCUT2D eigenvalue weighted by molar-refractivity contribution is -0.200. The highest BCUT2D eigenvalue weighted by atomic mass is 16.5. The Morgan fingerprint density at radius 3 is 2.52 bits per heavy atom. The van der Waals surface area contributed by atoms with Gasteiger partial charge in [-0.15, -0.1) is 0 Å². The standard InChI is InChI=1S/C25H32O8/c1-13(26)32-12-21(30)25(31)20(29)10-18-17-6-5-15-9-16(28)7-8-23(15,3)22(17)19(33-14(2)27)11-24(18,25)4/h7-9,17-20,22,29,31H,5-6,10-12H2,1-4H3/t17?,18?,19?,20-,22?,23+,24+,25+/m1/s1. The van der Waals surface area contributed by atoms with E-state index >= 15 is 0 Å². The first-order chi connectivity index (χ1) is 15.3. The highest BCUT2D eigenvalue weighted by Gasteiger charge is 2.72. The quantitative estimate of drug-likeness (QED) is 0.607. The monoisotopic (exact) mass is 460 g/mol. The molecule has 0 aliphatic heterocycles. The van der Waals surface area contributed by atoms with Crippen LogP contribution >= 0.6 is 0 Å². The molecule has 4 unspecified atom stereocenters. The van der Waals surface area contributed by atoms with E-state index in [2.05, 4.69) is 0 Å². The van der Waals surface area contributed by atoms with Crippen LogP contribution < -0.4 is 0 Å². The number of aliphatic hydroxyl groups is 2. The molecule has 4 aliphatic carbocycles. The molecular formula is C25H32O8. The van der Waals surface area contributed by atoms with E-state index in [0.717, 1.165) is 5.57 Å². The van der Waals surface area contributed by atoms with Gasteiger partial charge in [0.25, 0.3) is 0 Å². The van der Waals surface area contributed by atoms with Crippen molar-refractivity contribution in [1.29, 1.82) is 0 Å². The summed E-state index contributed by atoms with van der Waals surface area (Å²) in [5.41, 5.74) is -2.73. The maximum Gasteiger partial charge on any atom is 0.303 e. The molecule has 0 amide bonds. The van der Waals surface area contributed by atoms with Gasteiger partial charge in [-0.1, -0.05) is 25.5 Å². The summed E-state index contributed by atoms with van der Waals surface area (Å²) in [6.45, 7) is 5.67. The number of ether oxygens (including phenoxy) is 2. The van der Waals surface area contributed by atoms with Crippen LogP contribution in [0.4, 0.5) is 0 Å². The summed E-state index contributed by atoms with van der Waals surface area (Å²) in [5, 5.41) is 22.6. The van der Waals surface area contributed by atoms with Crippen molar-refractivity contribution in [2.45, 2.75) is 71.2 Å². The van der Waals surface area contributed by atoms with Crippen LogP contribution in [0.3, 0.4) is 0 Å². The summed E-state index contributed by atoms with van der Waals surface area (Å²) < 4.78 is 10.7. The third kappa shape index (κ3) is 3.41. The summed E-state index contributed by atoms with van der Waals surface area (Å²) in [6.07, 6.45) is 4.88. The number of rotatable bonds is 4. The molecule has 8 atom stereocenters. The molecule has 33 heavy (non-hydrogen) atoms. The van der Waals surface area contributed by atoms with Crippen LogP contribution in [0.2, 0.25) is 0 Å². The number of hydrogen-bond donors (Lipinski definition) is 2.